The van der Waals surface area contributed by atoms with Gasteiger partial charge in [-0.05, 0) is 13.8 Å². The van der Waals surface area contributed by atoms with E-state index in [9.17, 15) is 4.79 Å². The maximum absolute atomic E-state index is 11.4. The Labute approximate surface area is 87.5 Å². The van der Waals surface area contributed by atoms with Gasteiger partial charge in [0.2, 0.25) is 0 Å². The number of hydrogen-bond donors (Lipinski definition) is 0. The van der Waals surface area contributed by atoms with E-state index in [1.807, 2.05) is 13.8 Å². The van der Waals surface area contributed by atoms with Crippen LogP contribution in [0.15, 0.2) is 17.2 Å². The largest absolute Gasteiger partial charge is 0.377 e. The predicted molar refractivity (Wildman–Crippen MR) is 54.6 cm³/mol. The van der Waals surface area contributed by atoms with E-state index in [4.69, 9.17) is 16.3 Å². The summed E-state index contributed by atoms with van der Waals surface area (Å²) < 4.78 is 6.80. The molecule has 1 rings (SSSR count). The second-order valence-electron chi connectivity index (χ2n) is 3.14. The van der Waals surface area contributed by atoms with Crippen molar-refractivity contribution in [2.24, 2.45) is 0 Å². The van der Waals surface area contributed by atoms with Crippen LogP contribution in [0.5, 0.6) is 0 Å². The van der Waals surface area contributed by atoms with Crippen molar-refractivity contribution in [2.45, 2.75) is 26.5 Å². The lowest BCUT2D eigenvalue weighted by atomic mass is 10.5. The van der Waals surface area contributed by atoms with Gasteiger partial charge in [0.05, 0.1) is 12.7 Å². The van der Waals surface area contributed by atoms with Crippen molar-refractivity contribution >= 4 is 11.6 Å². The molecule has 0 saturated carbocycles. The van der Waals surface area contributed by atoms with E-state index in [1.165, 1.54) is 10.8 Å². The molecule has 0 radical (unpaired) electrons. The highest BCUT2D eigenvalue weighted by Crippen LogP contribution is 1.94. The van der Waals surface area contributed by atoms with Crippen molar-refractivity contribution in [1.82, 2.24) is 9.55 Å². The van der Waals surface area contributed by atoms with Crippen LogP contribution in [-0.2, 0) is 11.3 Å². The summed E-state index contributed by atoms with van der Waals surface area (Å²) in [5.41, 5.74) is -0.276. The molecule has 0 amide bonds. The summed E-state index contributed by atoms with van der Waals surface area (Å²) in [6.07, 6.45) is 3.26. The minimum absolute atomic E-state index is 0.00273. The first-order valence-corrected chi connectivity index (χ1v) is 4.81. The Bertz CT molecular complexity index is 349. The highest BCUT2D eigenvalue weighted by atomic mass is 35.5. The maximum atomic E-state index is 11.4. The molecule has 5 heteroatoms. The molecule has 14 heavy (non-hydrogen) atoms. The van der Waals surface area contributed by atoms with Gasteiger partial charge in [-0.3, -0.25) is 4.79 Å². The lowest BCUT2D eigenvalue weighted by Crippen LogP contribution is -2.23. The Balaban J connectivity index is 2.59. The van der Waals surface area contributed by atoms with Gasteiger partial charge >= 0.3 is 0 Å². The third-order valence-electron chi connectivity index (χ3n) is 1.66. The molecular formula is C9H13ClN2O2. The van der Waals surface area contributed by atoms with E-state index >= 15 is 0 Å². The third-order valence-corrected chi connectivity index (χ3v) is 1.91. The first-order valence-electron chi connectivity index (χ1n) is 4.44. The van der Waals surface area contributed by atoms with Crippen LogP contribution in [-0.4, -0.2) is 22.3 Å². The number of nitrogens with zero attached hydrogens (tertiary/aromatic N) is 2. The predicted octanol–water partition coefficient (Wildman–Crippen LogP) is 1.32. The van der Waals surface area contributed by atoms with Gasteiger partial charge < -0.3 is 9.30 Å². The average Bonchev–Trinajstić information content (AvgIpc) is 2.12. The van der Waals surface area contributed by atoms with Crippen molar-refractivity contribution in [3.8, 4) is 0 Å². The molecule has 4 nitrogen and oxygen atoms in total. The fourth-order valence-corrected chi connectivity index (χ4v) is 1.15. The van der Waals surface area contributed by atoms with E-state index in [0.717, 1.165) is 0 Å². The fraction of sp³-hybridized carbons (Fsp3) is 0.556. The summed E-state index contributed by atoms with van der Waals surface area (Å²) in [6, 6.07) is 0. The lowest BCUT2D eigenvalue weighted by molar-refractivity contribution is 0.0722. The van der Waals surface area contributed by atoms with Gasteiger partial charge in [-0.2, -0.15) is 0 Å². The summed E-state index contributed by atoms with van der Waals surface area (Å²) in [4.78, 5) is 15.0. The van der Waals surface area contributed by atoms with Crippen LogP contribution in [0.4, 0.5) is 0 Å². The van der Waals surface area contributed by atoms with Crippen molar-refractivity contribution in [3.63, 3.8) is 0 Å². The molecule has 1 aromatic heterocycles. The number of halogens is 1. The molecule has 0 unspecified atom stereocenters. The fourth-order valence-electron chi connectivity index (χ4n) is 0.984. The SMILES string of the molecule is CC(C)OCCn1ccnc(Cl)c1=O. The molecule has 78 valence electrons. The van der Waals surface area contributed by atoms with Gasteiger partial charge in [0.15, 0.2) is 5.15 Å². The molecule has 0 saturated heterocycles. The van der Waals surface area contributed by atoms with Crippen LogP contribution < -0.4 is 5.56 Å². The topological polar surface area (TPSA) is 44.1 Å². The van der Waals surface area contributed by atoms with Crippen molar-refractivity contribution in [1.29, 1.82) is 0 Å². The van der Waals surface area contributed by atoms with E-state index in [2.05, 4.69) is 4.98 Å². The minimum atomic E-state index is -0.276. The molecule has 0 bridgehead atoms. The van der Waals surface area contributed by atoms with Crippen LogP contribution in [0.3, 0.4) is 0 Å². The van der Waals surface area contributed by atoms with Crippen LogP contribution in [0.1, 0.15) is 13.8 Å². The van der Waals surface area contributed by atoms with E-state index in [-0.39, 0.29) is 16.8 Å². The number of aromatic nitrogens is 2. The number of hydrogen-bond acceptors (Lipinski definition) is 3. The van der Waals surface area contributed by atoms with Gasteiger partial charge in [0.25, 0.3) is 5.56 Å². The van der Waals surface area contributed by atoms with Crippen molar-refractivity contribution < 1.29 is 4.74 Å². The first-order chi connectivity index (χ1) is 6.61. The Hall–Kier alpha value is -0.870. The molecule has 0 aromatic carbocycles. The number of rotatable bonds is 4. The Kier molecular flexibility index (Phi) is 4.10. The molecule has 0 atom stereocenters. The standard InChI is InChI=1S/C9H13ClN2O2/c1-7(2)14-6-5-12-4-3-11-8(10)9(12)13/h3-4,7H,5-6H2,1-2H3. The smallest absolute Gasteiger partial charge is 0.288 e. The molecule has 0 aliphatic heterocycles. The first kappa shape index (κ1) is 11.2. The summed E-state index contributed by atoms with van der Waals surface area (Å²) in [7, 11) is 0. The van der Waals surface area contributed by atoms with Gasteiger partial charge in [-0.25, -0.2) is 4.98 Å². The summed E-state index contributed by atoms with van der Waals surface area (Å²) in [5.74, 6) is 0. The second kappa shape index (κ2) is 5.12. The Morgan fingerprint density at radius 1 is 1.64 bits per heavy atom. The molecule has 1 aromatic rings. The zero-order valence-electron chi connectivity index (χ0n) is 8.24. The minimum Gasteiger partial charge on any atom is -0.377 e. The second-order valence-corrected chi connectivity index (χ2v) is 3.49. The Morgan fingerprint density at radius 2 is 2.36 bits per heavy atom. The van der Waals surface area contributed by atoms with Crippen LogP contribution in [0.25, 0.3) is 0 Å². The number of ether oxygens (including phenoxy) is 1. The zero-order chi connectivity index (χ0) is 10.6. The van der Waals surface area contributed by atoms with E-state index < -0.39 is 0 Å². The molecular weight excluding hydrogens is 204 g/mol. The quantitative estimate of drug-likeness (QED) is 0.763. The van der Waals surface area contributed by atoms with Gasteiger partial charge in [0.1, 0.15) is 0 Å². The molecule has 0 aliphatic rings. The highest BCUT2D eigenvalue weighted by molar-refractivity contribution is 6.29. The van der Waals surface area contributed by atoms with E-state index in [1.54, 1.807) is 6.20 Å². The maximum Gasteiger partial charge on any atom is 0.288 e. The molecule has 1 heterocycles. The Morgan fingerprint density at radius 3 is 3.00 bits per heavy atom. The van der Waals surface area contributed by atoms with Crippen molar-refractivity contribution in [2.75, 3.05) is 6.61 Å². The van der Waals surface area contributed by atoms with Crippen LogP contribution in [0.2, 0.25) is 5.15 Å². The van der Waals surface area contributed by atoms with Gasteiger partial charge in [0, 0.05) is 18.9 Å². The summed E-state index contributed by atoms with van der Waals surface area (Å²) in [5, 5.41) is -0.00273. The average molecular weight is 217 g/mol. The molecule has 0 fully saturated rings. The van der Waals surface area contributed by atoms with Gasteiger partial charge in [-0.15, -0.1) is 0 Å². The lowest BCUT2D eigenvalue weighted by Gasteiger charge is -2.08. The molecule has 0 spiro atoms. The van der Waals surface area contributed by atoms with Crippen LogP contribution in [0, 0.1) is 0 Å². The van der Waals surface area contributed by atoms with E-state index in [0.29, 0.717) is 13.2 Å². The normalized spacial score (nSPS) is 10.9. The molecule has 0 N–H and O–H groups in total. The highest BCUT2D eigenvalue weighted by Gasteiger charge is 2.01. The van der Waals surface area contributed by atoms with Crippen molar-refractivity contribution in [3.05, 3.63) is 27.9 Å². The third kappa shape index (κ3) is 3.12. The van der Waals surface area contributed by atoms with Crippen LogP contribution >= 0.6 is 11.6 Å². The monoisotopic (exact) mass is 216 g/mol. The zero-order valence-corrected chi connectivity index (χ0v) is 8.99. The summed E-state index contributed by atoms with van der Waals surface area (Å²) in [6.45, 7) is 4.89. The summed E-state index contributed by atoms with van der Waals surface area (Å²) >= 11 is 5.57. The molecule has 0 aliphatic carbocycles. The van der Waals surface area contributed by atoms with Gasteiger partial charge in [-0.1, -0.05) is 11.6 Å².